The summed E-state index contributed by atoms with van der Waals surface area (Å²) in [7, 11) is 6.09. The predicted octanol–water partition coefficient (Wildman–Crippen LogP) is 4.68. The van der Waals surface area contributed by atoms with Gasteiger partial charge in [0.1, 0.15) is 12.4 Å². The van der Waals surface area contributed by atoms with Crippen molar-refractivity contribution < 1.29 is 23.7 Å². The van der Waals surface area contributed by atoms with Crippen LogP contribution in [-0.4, -0.2) is 51.7 Å². The summed E-state index contributed by atoms with van der Waals surface area (Å²) >= 11 is 0. The van der Waals surface area contributed by atoms with Gasteiger partial charge in [0.05, 0.1) is 45.7 Å². The Morgan fingerprint density at radius 3 is 2.29 bits per heavy atom. The van der Waals surface area contributed by atoms with Crippen LogP contribution in [0.3, 0.4) is 0 Å². The second-order valence-electron chi connectivity index (χ2n) is 7.90. The molecule has 4 rings (SSSR count). The summed E-state index contributed by atoms with van der Waals surface area (Å²) in [4.78, 5) is 19.5. The second-order valence-corrected chi connectivity index (χ2v) is 7.90. The molecule has 3 aromatic rings. The van der Waals surface area contributed by atoms with Gasteiger partial charge in [0.25, 0.3) is 0 Å². The normalized spacial score (nSPS) is 14.7. The van der Waals surface area contributed by atoms with E-state index < -0.39 is 0 Å². The van der Waals surface area contributed by atoms with Crippen LogP contribution in [0.5, 0.6) is 17.2 Å². The molecule has 1 aliphatic rings. The Labute approximate surface area is 199 Å². The lowest BCUT2D eigenvalue weighted by Gasteiger charge is -2.38. The van der Waals surface area contributed by atoms with Gasteiger partial charge < -0.3 is 23.8 Å². The highest BCUT2D eigenvalue weighted by Gasteiger charge is 2.35. The van der Waals surface area contributed by atoms with Gasteiger partial charge in [-0.05, 0) is 30.7 Å². The van der Waals surface area contributed by atoms with Crippen molar-refractivity contribution in [2.45, 2.75) is 13.0 Å². The Bertz CT molecular complexity index is 1220. The molecule has 0 fully saturated rings. The first kappa shape index (κ1) is 23.2. The van der Waals surface area contributed by atoms with Gasteiger partial charge in [0.15, 0.2) is 11.5 Å². The average molecular weight is 461 g/mol. The number of aryl methyl sites for hydroxylation is 1. The van der Waals surface area contributed by atoms with Crippen LogP contribution >= 0.6 is 0 Å². The molecule has 1 atom stereocenters. The number of nitrogens with zero attached hydrogens (tertiary/aromatic N) is 2. The molecule has 0 amide bonds. The number of carbonyl (C=O) groups is 1. The zero-order chi connectivity index (χ0) is 24.2. The molecule has 1 unspecified atom stereocenters. The third-order valence-electron chi connectivity index (χ3n) is 5.88. The van der Waals surface area contributed by atoms with Crippen LogP contribution in [0.25, 0.3) is 0 Å². The summed E-state index contributed by atoms with van der Waals surface area (Å²) in [6, 6.07) is 19.6. The molecular weight excluding hydrogens is 432 g/mol. The second kappa shape index (κ2) is 9.87. The Balaban J connectivity index is 2.01. The van der Waals surface area contributed by atoms with E-state index in [9.17, 15) is 4.79 Å². The summed E-state index contributed by atoms with van der Waals surface area (Å²) in [6.45, 7) is 2.04. The van der Waals surface area contributed by atoms with E-state index in [1.807, 2.05) is 48.2 Å². The highest BCUT2D eigenvalue weighted by molar-refractivity contribution is 6.06. The number of aliphatic imine (C=N–C) groups is 1. The van der Waals surface area contributed by atoms with Crippen molar-refractivity contribution in [2.75, 3.05) is 35.0 Å². The van der Waals surface area contributed by atoms with E-state index in [1.165, 1.54) is 7.11 Å². The summed E-state index contributed by atoms with van der Waals surface area (Å²) in [6.07, 6.45) is 0. The number of esters is 1. The topological polar surface area (TPSA) is 69.6 Å². The van der Waals surface area contributed by atoms with Gasteiger partial charge in [-0.3, -0.25) is 4.79 Å². The lowest BCUT2D eigenvalue weighted by atomic mass is 9.91. The fourth-order valence-electron chi connectivity index (χ4n) is 4.32. The number of hydrogen-bond acceptors (Lipinski definition) is 7. The highest BCUT2D eigenvalue weighted by Crippen LogP contribution is 2.45. The molecule has 3 aromatic carbocycles. The van der Waals surface area contributed by atoms with Crippen molar-refractivity contribution in [3.8, 4) is 17.2 Å². The van der Waals surface area contributed by atoms with Crippen LogP contribution < -0.4 is 14.2 Å². The molecule has 7 nitrogen and oxygen atoms in total. The smallest absolute Gasteiger partial charge is 0.325 e. The molecule has 0 saturated heterocycles. The molecule has 34 heavy (non-hydrogen) atoms. The number of rotatable bonds is 7. The lowest BCUT2D eigenvalue weighted by Crippen LogP contribution is -2.42. The SMILES string of the molecule is COC(=O)CN1C(c2ccc(OC)c(OC)c2OC)=Nc2ccc(C)cc2C1c1ccccc1. The minimum atomic E-state index is -0.371. The first-order chi connectivity index (χ1) is 16.5. The Morgan fingerprint density at radius 1 is 0.912 bits per heavy atom. The molecule has 0 saturated carbocycles. The molecule has 1 heterocycles. The van der Waals surface area contributed by atoms with Gasteiger partial charge in [-0.2, -0.15) is 0 Å². The van der Waals surface area contributed by atoms with Crippen LogP contribution in [0.2, 0.25) is 0 Å². The zero-order valence-electron chi connectivity index (χ0n) is 20.0. The molecule has 1 aliphatic heterocycles. The quantitative estimate of drug-likeness (QED) is 0.477. The van der Waals surface area contributed by atoms with Gasteiger partial charge in [-0.1, -0.05) is 48.0 Å². The summed E-state index contributed by atoms with van der Waals surface area (Å²) in [5.41, 5.74) is 4.66. The van der Waals surface area contributed by atoms with Crippen LogP contribution in [0, 0.1) is 6.92 Å². The third kappa shape index (κ3) is 4.17. The maximum absolute atomic E-state index is 12.6. The maximum atomic E-state index is 12.6. The number of benzene rings is 3. The van der Waals surface area contributed by atoms with Gasteiger partial charge in [0.2, 0.25) is 5.75 Å². The van der Waals surface area contributed by atoms with E-state index in [0.717, 1.165) is 22.4 Å². The summed E-state index contributed by atoms with van der Waals surface area (Å²) < 4.78 is 21.9. The minimum absolute atomic E-state index is 0.000223. The Hall–Kier alpha value is -4.00. The molecule has 0 bridgehead atoms. The predicted molar refractivity (Wildman–Crippen MR) is 130 cm³/mol. The maximum Gasteiger partial charge on any atom is 0.325 e. The molecule has 0 aromatic heterocycles. The van der Waals surface area contributed by atoms with E-state index in [-0.39, 0.29) is 18.6 Å². The average Bonchev–Trinajstić information content (AvgIpc) is 2.87. The summed E-state index contributed by atoms with van der Waals surface area (Å²) in [5, 5.41) is 0. The van der Waals surface area contributed by atoms with Gasteiger partial charge in [-0.15, -0.1) is 0 Å². The Morgan fingerprint density at radius 2 is 1.65 bits per heavy atom. The van der Waals surface area contributed by atoms with E-state index in [4.69, 9.17) is 23.9 Å². The van der Waals surface area contributed by atoms with Crippen LogP contribution in [-0.2, 0) is 9.53 Å². The molecule has 7 heteroatoms. The van der Waals surface area contributed by atoms with Gasteiger partial charge >= 0.3 is 5.97 Å². The van der Waals surface area contributed by atoms with Crippen molar-refractivity contribution >= 4 is 17.5 Å². The largest absolute Gasteiger partial charge is 0.493 e. The van der Waals surface area contributed by atoms with Crippen molar-refractivity contribution in [3.63, 3.8) is 0 Å². The van der Waals surface area contributed by atoms with E-state index >= 15 is 0 Å². The standard InChI is InChI=1S/C27H28N2O5/c1-17-11-13-21-20(15-17)24(18-9-7-6-8-10-18)29(16-23(30)32-3)27(28-21)19-12-14-22(31-2)26(34-5)25(19)33-4/h6-15,24H,16H2,1-5H3. The number of carbonyl (C=O) groups excluding carboxylic acids is 1. The summed E-state index contributed by atoms with van der Waals surface area (Å²) in [5.74, 6) is 1.67. The van der Waals surface area contributed by atoms with E-state index in [2.05, 4.69) is 18.2 Å². The lowest BCUT2D eigenvalue weighted by molar-refractivity contribution is -0.141. The monoisotopic (exact) mass is 460 g/mol. The third-order valence-corrected chi connectivity index (χ3v) is 5.88. The fourth-order valence-corrected chi connectivity index (χ4v) is 4.32. The van der Waals surface area contributed by atoms with Crippen LogP contribution in [0.1, 0.15) is 28.3 Å². The fraction of sp³-hybridized carbons (Fsp3) is 0.259. The van der Waals surface area contributed by atoms with Crippen molar-refractivity contribution in [1.82, 2.24) is 4.90 Å². The zero-order valence-corrected chi connectivity index (χ0v) is 20.0. The number of hydrogen-bond donors (Lipinski definition) is 0. The van der Waals surface area contributed by atoms with Crippen molar-refractivity contribution in [2.24, 2.45) is 4.99 Å². The van der Waals surface area contributed by atoms with E-state index in [1.54, 1.807) is 27.4 Å². The molecule has 176 valence electrons. The first-order valence-corrected chi connectivity index (χ1v) is 10.9. The number of fused-ring (bicyclic) bond motifs is 1. The molecule has 0 spiro atoms. The molecule has 0 N–H and O–H groups in total. The number of methoxy groups -OCH3 is 4. The van der Waals surface area contributed by atoms with Crippen molar-refractivity contribution in [3.05, 3.63) is 82.9 Å². The molecule has 0 radical (unpaired) electrons. The van der Waals surface area contributed by atoms with Crippen molar-refractivity contribution in [1.29, 1.82) is 0 Å². The first-order valence-electron chi connectivity index (χ1n) is 10.9. The molecular formula is C27H28N2O5. The van der Waals surface area contributed by atoms with E-state index in [0.29, 0.717) is 28.6 Å². The Kier molecular flexibility index (Phi) is 6.72. The molecule has 0 aliphatic carbocycles. The van der Waals surface area contributed by atoms with Crippen LogP contribution in [0.4, 0.5) is 5.69 Å². The van der Waals surface area contributed by atoms with Gasteiger partial charge in [0, 0.05) is 5.56 Å². The minimum Gasteiger partial charge on any atom is -0.493 e. The van der Waals surface area contributed by atoms with Gasteiger partial charge in [-0.25, -0.2) is 4.99 Å². The number of ether oxygens (including phenoxy) is 4. The highest BCUT2D eigenvalue weighted by atomic mass is 16.5. The number of amidine groups is 1. The van der Waals surface area contributed by atoms with Crippen LogP contribution in [0.15, 0.2) is 65.7 Å².